The summed E-state index contributed by atoms with van der Waals surface area (Å²) >= 11 is 3.33. The summed E-state index contributed by atoms with van der Waals surface area (Å²) < 4.78 is 7.32. The molecule has 5 nitrogen and oxygen atoms in total. The van der Waals surface area contributed by atoms with Gasteiger partial charge in [-0.05, 0) is 41.6 Å². The van der Waals surface area contributed by atoms with Crippen LogP contribution in [0.15, 0.2) is 15.5 Å². The average molecular weight is 316 g/mol. The highest BCUT2D eigenvalue weighted by molar-refractivity contribution is 9.10. The second kappa shape index (κ2) is 6.33. The van der Waals surface area contributed by atoms with Crippen LogP contribution in [0.1, 0.15) is 19.8 Å². The van der Waals surface area contributed by atoms with E-state index in [0.717, 1.165) is 38.3 Å². The van der Waals surface area contributed by atoms with Crippen LogP contribution >= 0.6 is 15.9 Å². The number of halogens is 1. The minimum Gasteiger partial charge on any atom is -0.383 e. The van der Waals surface area contributed by atoms with Gasteiger partial charge >= 0.3 is 0 Å². The van der Waals surface area contributed by atoms with Gasteiger partial charge in [0.05, 0.1) is 11.9 Å². The molecule has 0 amide bonds. The van der Waals surface area contributed by atoms with Crippen LogP contribution in [0.3, 0.4) is 0 Å². The van der Waals surface area contributed by atoms with Crippen LogP contribution < -0.4 is 10.9 Å². The van der Waals surface area contributed by atoms with Gasteiger partial charge in [-0.25, -0.2) is 4.68 Å². The molecular formula is C12H18BrN3O2. The number of anilines is 1. The van der Waals surface area contributed by atoms with E-state index in [1.165, 1.54) is 4.68 Å². The van der Waals surface area contributed by atoms with Crippen molar-refractivity contribution in [2.75, 3.05) is 25.1 Å². The molecule has 0 spiro atoms. The SMILES string of the molecule is CCn1ncc(NCCC2CCOC2)c(Br)c1=O. The molecule has 1 N–H and O–H groups in total. The van der Waals surface area contributed by atoms with E-state index in [1.54, 1.807) is 6.20 Å². The maximum atomic E-state index is 11.8. The van der Waals surface area contributed by atoms with E-state index >= 15 is 0 Å². The van der Waals surface area contributed by atoms with Crippen molar-refractivity contribution in [1.82, 2.24) is 9.78 Å². The van der Waals surface area contributed by atoms with E-state index < -0.39 is 0 Å². The van der Waals surface area contributed by atoms with Crippen LogP contribution in [0.25, 0.3) is 0 Å². The van der Waals surface area contributed by atoms with Crippen LogP contribution in [0.2, 0.25) is 0 Å². The van der Waals surface area contributed by atoms with Gasteiger partial charge < -0.3 is 10.1 Å². The summed E-state index contributed by atoms with van der Waals surface area (Å²) in [5.74, 6) is 0.639. The monoisotopic (exact) mass is 315 g/mol. The Morgan fingerprint density at radius 2 is 2.50 bits per heavy atom. The molecule has 100 valence electrons. The average Bonchev–Trinajstić information content (AvgIpc) is 2.88. The highest BCUT2D eigenvalue weighted by Gasteiger charge is 2.15. The maximum absolute atomic E-state index is 11.8. The zero-order valence-corrected chi connectivity index (χ0v) is 12.1. The van der Waals surface area contributed by atoms with Crippen molar-refractivity contribution in [1.29, 1.82) is 0 Å². The smallest absolute Gasteiger partial charge is 0.283 e. The van der Waals surface area contributed by atoms with Crippen molar-refractivity contribution < 1.29 is 4.74 Å². The molecule has 0 radical (unpaired) electrons. The Kier molecular flexibility index (Phi) is 4.77. The second-order valence-corrected chi connectivity index (χ2v) is 5.23. The molecule has 1 aliphatic rings. The summed E-state index contributed by atoms with van der Waals surface area (Å²) in [6, 6.07) is 0. The van der Waals surface area contributed by atoms with Gasteiger partial charge in [-0.1, -0.05) is 0 Å². The molecule has 6 heteroatoms. The lowest BCUT2D eigenvalue weighted by Crippen LogP contribution is -2.24. The fourth-order valence-corrected chi connectivity index (χ4v) is 2.48. The fraction of sp³-hybridized carbons (Fsp3) is 0.667. The second-order valence-electron chi connectivity index (χ2n) is 4.44. The van der Waals surface area contributed by atoms with Crippen LogP contribution in [0.5, 0.6) is 0 Å². The molecule has 18 heavy (non-hydrogen) atoms. The highest BCUT2D eigenvalue weighted by Crippen LogP contribution is 2.19. The minimum absolute atomic E-state index is 0.0910. The van der Waals surface area contributed by atoms with Gasteiger partial charge in [0, 0.05) is 26.3 Å². The first-order valence-electron chi connectivity index (χ1n) is 6.29. The van der Waals surface area contributed by atoms with Crippen LogP contribution in [0.4, 0.5) is 5.69 Å². The zero-order valence-electron chi connectivity index (χ0n) is 10.5. The number of hydrogen-bond acceptors (Lipinski definition) is 4. The third-order valence-electron chi connectivity index (χ3n) is 3.18. The molecule has 0 saturated carbocycles. The standard InChI is InChI=1S/C12H18BrN3O2/c1-2-16-12(17)11(13)10(7-15-16)14-5-3-9-4-6-18-8-9/h7,9,14H,2-6,8H2,1H3. The normalized spacial score (nSPS) is 19.1. The Hall–Kier alpha value is -0.880. The zero-order chi connectivity index (χ0) is 13.0. The molecule has 2 rings (SSSR count). The van der Waals surface area contributed by atoms with Crippen LogP contribution in [-0.4, -0.2) is 29.5 Å². The van der Waals surface area contributed by atoms with Gasteiger partial charge in [0.2, 0.25) is 0 Å². The lowest BCUT2D eigenvalue weighted by molar-refractivity contribution is 0.185. The van der Waals surface area contributed by atoms with E-state index in [0.29, 0.717) is 16.9 Å². The van der Waals surface area contributed by atoms with Crippen molar-refractivity contribution >= 4 is 21.6 Å². The molecule has 1 atom stereocenters. The quantitative estimate of drug-likeness (QED) is 0.901. The van der Waals surface area contributed by atoms with E-state index in [4.69, 9.17) is 4.74 Å². The number of aromatic nitrogens is 2. The van der Waals surface area contributed by atoms with Gasteiger partial charge in [0.1, 0.15) is 4.47 Å². The predicted octanol–water partition coefficient (Wildman–Crippen LogP) is 1.86. The van der Waals surface area contributed by atoms with Crippen molar-refractivity contribution in [2.24, 2.45) is 5.92 Å². The molecule has 0 aromatic carbocycles. The van der Waals surface area contributed by atoms with E-state index in [-0.39, 0.29) is 5.56 Å². The largest absolute Gasteiger partial charge is 0.383 e. The molecule has 2 heterocycles. The number of rotatable bonds is 5. The first-order valence-corrected chi connectivity index (χ1v) is 7.09. The maximum Gasteiger partial charge on any atom is 0.283 e. The lowest BCUT2D eigenvalue weighted by Gasteiger charge is -2.11. The Morgan fingerprint density at radius 3 is 3.17 bits per heavy atom. The number of ether oxygens (including phenoxy) is 1. The summed E-state index contributed by atoms with van der Waals surface area (Å²) in [5.41, 5.74) is 0.676. The van der Waals surface area contributed by atoms with E-state index in [1.807, 2.05) is 6.92 Å². The van der Waals surface area contributed by atoms with Crippen LogP contribution in [0, 0.1) is 5.92 Å². The van der Waals surface area contributed by atoms with Gasteiger partial charge in [-0.15, -0.1) is 0 Å². The van der Waals surface area contributed by atoms with Gasteiger partial charge in [-0.2, -0.15) is 5.10 Å². The highest BCUT2D eigenvalue weighted by atomic mass is 79.9. The lowest BCUT2D eigenvalue weighted by atomic mass is 10.1. The molecule has 1 fully saturated rings. The van der Waals surface area contributed by atoms with Gasteiger partial charge in [0.25, 0.3) is 5.56 Å². The van der Waals surface area contributed by atoms with E-state index in [2.05, 4.69) is 26.3 Å². The minimum atomic E-state index is -0.0910. The summed E-state index contributed by atoms with van der Waals surface area (Å²) in [4.78, 5) is 11.8. The summed E-state index contributed by atoms with van der Waals surface area (Å²) in [5, 5.41) is 7.35. The van der Waals surface area contributed by atoms with Gasteiger partial charge in [0.15, 0.2) is 0 Å². The summed E-state index contributed by atoms with van der Waals surface area (Å²) in [6.07, 6.45) is 3.89. The van der Waals surface area contributed by atoms with Gasteiger partial charge in [-0.3, -0.25) is 4.79 Å². The van der Waals surface area contributed by atoms with Crippen molar-refractivity contribution in [3.8, 4) is 0 Å². The Balaban J connectivity index is 1.93. The summed E-state index contributed by atoms with van der Waals surface area (Å²) in [6.45, 7) is 5.05. The van der Waals surface area contributed by atoms with Crippen molar-refractivity contribution in [2.45, 2.75) is 26.3 Å². The Labute approximate surface area is 115 Å². The Bertz CT molecular complexity index is 455. The first kappa shape index (κ1) is 13.5. The Morgan fingerprint density at radius 1 is 1.67 bits per heavy atom. The third-order valence-corrected chi connectivity index (χ3v) is 3.94. The van der Waals surface area contributed by atoms with E-state index in [9.17, 15) is 4.79 Å². The molecule has 1 unspecified atom stereocenters. The molecule has 0 bridgehead atoms. The molecule has 1 aromatic heterocycles. The third kappa shape index (κ3) is 3.11. The molecule has 0 aliphatic carbocycles. The van der Waals surface area contributed by atoms with Crippen LogP contribution in [-0.2, 0) is 11.3 Å². The molecular weight excluding hydrogens is 298 g/mol. The molecule has 1 aliphatic heterocycles. The molecule has 1 saturated heterocycles. The number of nitrogens with zero attached hydrogens (tertiary/aromatic N) is 2. The van der Waals surface area contributed by atoms with Crippen molar-refractivity contribution in [3.05, 3.63) is 21.0 Å². The number of hydrogen-bond donors (Lipinski definition) is 1. The summed E-state index contributed by atoms with van der Waals surface area (Å²) in [7, 11) is 0. The first-order chi connectivity index (χ1) is 8.72. The van der Waals surface area contributed by atoms with Crippen molar-refractivity contribution in [3.63, 3.8) is 0 Å². The predicted molar refractivity (Wildman–Crippen MR) is 73.9 cm³/mol. The number of nitrogens with one attached hydrogen (secondary N) is 1. The topological polar surface area (TPSA) is 56.1 Å². The number of aryl methyl sites for hydroxylation is 1. The fourth-order valence-electron chi connectivity index (χ4n) is 2.04. The molecule has 1 aromatic rings.